The van der Waals surface area contributed by atoms with Crippen molar-refractivity contribution in [1.29, 1.82) is 5.26 Å². The highest BCUT2D eigenvalue weighted by atomic mass is 32.2. The van der Waals surface area contributed by atoms with Crippen molar-refractivity contribution in [3.63, 3.8) is 0 Å². The lowest BCUT2D eigenvalue weighted by atomic mass is 10.2. The maximum atomic E-state index is 13.4. The van der Waals surface area contributed by atoms with Gasteiger partial charge in [0.2, 0.25) is 5.91 Å². The first-order chi connectivity index (χ1) is 15.6. The van der Waals surface area contributed by atoms with Crippen molar-refractivity contribution in [2.75, 3.05) is 11.1 Å². The van der Waals surface area contributed by atoms with Crippen molar-refractivity contribution in [1.82, 2.24) is 14.8 Å². The minimum absolute atomic E-state index is 0.0934. The molecule has 1 amide bonds. The molecule has 1 aromatic heterocycles. The van der Waals surface area contributed by atoms with Crippen molar-refractivity contribution in [3.8, 4) is 17.5 Å². The van der Waals surface area contributed by atoms with Crippen LogP contribution in [0, 0.1) is 17.1 Å². The molecule has 0 saturated heterocycles. The molecule has 1 heterocycles. The number of amides is 1. The van der Waals surface area contributed by atoms with Crippen molar-refractivity contribution >= 4 is 23.4 Å². The fraction of sp³-hybridized carbons (Fsp3) is 0.0833. The summed E-state index contributed by atoms with van der Waals surface area (Å²) in [5.74, 6) is 0.101. The zero-order valence-corrected chi connectivity index (χ0v) is 17.7. The number of carbonyl (C=O) groups is 1. The van der Waals surface area contributed by atoms with Crippen LogP contribution in [0.4, 0.5) is 10.1 Å². The van der Waals surface area contributed by atoms with Gasteiger partial charge in [-0.25, -0.2) is 4.39 Å². The molecule has 0 atom stereocenters. The number of hydrogen-bond donors (Lipinski definition) is 1. The Morgan fingerprint density at radius 2 is 1.72 bits per heavy atom. The molecule has 0 bridgehead atoms. The van der Waals surface area contributed by atoms with Crippen LogP contribution in [0.5, 0.6) is 0 Å². The normalized spacial score (nSPS) is 10.5. The van der Waals surface area contributed by atoms with Crippen LogP contribution in [0.3, 0.4) is 0 Å². The summed E-state index contributed by atoms with van der Waals surface area (Å²) in [5, 5.41) is 21.1. The highest BCUT2D eigenvalue weighted by Gasteiger charge is 2.17. The van der Waals surface area contributed by atoms with E-state index in [4.69, 9.17) is 0 Å². The van der Waals surface area contributed by atoms with E-state index in [9.17, 15) is 14.4 Å². The molecular formula is C24H18FN5OS. The van der Waals surface area contributed by atoms with E-state index in [0.29, 0.717) is 28.8 Å². The standard InChI is InChI=1S/C24H18FN5OS/c25-20-12-10-18(11-13-20)23-28-29-24(30(23)15-17-6-2-1-3-7-17)32-16-22(31)27-21-9-5-4-8-19(21)14-26/h1-13H,15-16H2,(H,27,31). The Balaban J connectivity index is 1.55. The van der Waals surface area contributed by atoms with Gasteiger partial charge in [-0.3, -0.25) is 9.36 Å². The summed E-state index contributed by atoms with van der Waals surface area (Å²) in [6.07, 6.45) is 0. The number of anilines is 1. The topological polar surface area (TPSA) is 83.6 Å². The molecule has 158 valence electrons. The molecule has 4 rings (SSSR count). The van der Waals surface area contributed by atoms with Gasteiger partial charge < -0.3 is 5.32 Å². The zero-order chi connectivity index (χ0) is 22.3. The van der Waals surface area contributed by atoms with Crippen LogP contribution in [0.15, 0.2) is 84.0 Å². The minimum Gasteiger partial charge on any atom is -0.324 e. The lowest BCUT2D eigenvalue weighted by molar-refractivity contribution is -0.113. The number of nitrogens with zero attached hydrogens (tertiary/aromatic N) is 4. The monoisotopic (exact) mass is 443 g/mol. The minimum atomic E-state index is -0.327. The quantitative estimate of drug-likeness (QED) is 0.417. The average molecular weight is 444 g/mol. The van der Waals surface area contributed by atoms with Gasteiger partial charge >= 0.3 is 0 Å². The summed E-state index contributed by atoms with van der Waals surface area (Å²) < 4.78 is 15.3. The number of benzene rings is 3. The van der Waals surface area contributed by atoms with E-state index in [1.54, 1.807) is 36.4 Å². The summed E-state index contributed by atoms with van der Waals surface area (Å²) in [7, 11) is 0. The van der Waals surface area contributed by atoms with E-state index in [2.05, 4.69) is 21.6 Å². The van der Waals surface area contributed by atoms with Gasteiger partial charge in [0.25, 0.3) is 0 Å². The van der Waals surface area contributed by atoms with Crippen molar-refractivity contribution in [2.24, 2.45) is 0 Å². The first-order valence-electron chi connectivity index (χ1n) is 9.79. The number of rotatable bonds is 7. The molecule has 3 aromatic carbocycles. The van der Waals surface area contributed by atoms with Gasteiger partial charge in [-0.15, -0.1) is 10.2 Å². The van der Waals surface area contributed by atoms with Crippen LogP contribution in [0.2, 0.25) is 0 Å². The summed E-state index contributed by atoms with van der Waals surface area (Å²) in [6, 6.07) is 24.8. The number of carbonyl (C=O) groups excluding carboxylic acids is 1. The van der Waals surface area contributed by atoms with E-state index < -0.39 is 0 Å². The number of nitrogens with one attached hydrogen (secondary N) is 1. The summed E-state index contributed by atoms with van der Waals surface area (Å²) >= 11 is 1.25. The van der Waals surface area contributed by atoms with Crippen LogP contribution in [0.25, 0.3) is 11.4 Å². The lowest BCUT2D eigenvalue weighted by Crippen LogP contribution is -2.15. The highest BCUT2D eigenvalue weighted by Crippen LogP contribution is 2.26. The van der Waals surface area contributed by atoms with E-state index in [0.717, 1.165) is 11.1 Å². The highest BCUT2D eigenvalue weighted by molar-refractivity contribution is 7.99. The fourth-order valence-electron chi connectivity index (χ4n) is 3.12. The van der Waals surface area contributed by atoms with Gasteiger partial charge in [-0.1, -0.05) is 54.2 Å². The molecule has 32 heavy (non-hydrogen) atoms. The van der Waals surface area contributed by atoms with Crippen molar-refractivity contribution in [3.05, 3.63) is 95.8 Å². The Morgan fingerprint density at radius 3 is 2.47 bits per heavy atom. The Bertz CT molecular complexity index is 1270. The smallest absolute Gasteiger partial charge is 0.234 e. The first kappa shape index (κ1) is 21.3. The summed E-state index contributed by atoms with van der Waals surface area (Å²) in [6.45, 7) is 0.502. The van der Waals surface area contributed by atoms with Gasteiger partial charge in [0.1, 0.15) is 11.9 Å². The molecule has 0 spiro atoms. The summed E-state index contributed by atoms with van der Waals surface area (Å²) in [4.78, 5) is 12.5. The molecule has 0 fully saturated rings. The van der Waals surface area contributed by atoms with Crippen molar-refractivity contribution < 1.29 is 9.18 Å². The van der Waals surface area contributed by atoms with Crippen LogP contribution >= 0.6 is 11.8 Å². The van der Waals surface area contributed by atoms with E-state index in [1.807, 2.05) is 34.9 Å². The Kier molecular flexibility index (Phi) is 6.58. The molecule has 0 radical (unpaired) electrons. The number of thioether (sulfide) groups is 1. The molecule has 0 aliphatic heterocycles. The van der Waals surface area contributed by atoms with Crippen LogP contribution in [0.1, 0.15) is 11.1 Å². The molecule has 8 heteroatoms. The number of nitriles is 1. The number of aromatic nitrogens is 3. The third-order valence-electron chi connectivity index (χ3n) is 4.66. The predicted octanol–water partition coefficient (Wildman–Crippen LogP) is 4.73. The van der Waals surface area contributed by atoms with E-state index >= 15 is 0 Å². The third kappa shape index (κ3) is 5.02. The SMILES string of the molecule is N#Cc1ccccc1NC(=O)CSc1nnc(-c2ccc(F)cc2)n1Cc1ccccc1. The van der Waals surface area contributed by atoms with E-state index in [1.165, 1.54) is 23.9 Å². The third-order valence-corrected chi connectivity index (χ3v) is 5.62. The zero-order valence-electron chi connectivity index (χ0n) is 16.9. The number of halogens is 1. The second kappa shape index (κ2) is 9.90. The average Bonchev–Trinajstić information content (AvgIpc) is 3.21. The van der Waals surface area contributed by atoms with Crippen LogP contribution in [-0.2, 0) is 11.3 Å². The Hall–Kier alpha value is -3.96. The fourth-order valence-corrected chi connectivity index (χ4v) is 3.86. The maximum Gasteiger partial charge on any atom is 0.234 e. The van der Waals surface area contributed by atoms with Gasteiger partial charge in [0.05, 0.1) is 23.5 Å². The van der Waals surface area contributed by atoms with Crippen molar-refractivity contribution in [2.45, 2.75) is 11.7 Å². The first-order valence-corrected chi connectivity index (χ1v) is 10.8. The molecule has 6 nitrogen and oxygen atoms in total. The van der Waals surface area contributed by atoms with Gasteiger partial charge in [-0.2, -0.15) is 5.26 Å². The molecule has 1 N–H and O–H groups in total. The lowest BCUT2D eigenvalue weighted by Gasteiger charge is -2.11. The second-order valence-corrected chi connectivity index (χ2v) is 7.82. The van der Waals surface area contributed by atoms with Gasteiger partial charge in [0.15, 0.2) is 11.0 Å². The predicted molar refractivity (Wildman–Crippen MR) is 121 cm³/mol. The Labute approximate surface area is 188 Å². The largest absolute Gasteiger partial charge is 0.324 e. The molecule has 0 unspecified atom stereocenters. The molecule has 0 aliphatic rings. The molecule has 4 aromatic rings. The van der Waals surface area contributed by atoms with Gasteiger partial charge in [0, 0.05) is 5.56 Å². The molecular weight excluding hydrogens is 425 g/mol. The summed E-state index contributed by atoms with van der Waals surface area (Å²) in [5.41, 5.74) is 2.65. The van der Waals surface area contributed by atoms with Gasteiger partial charge in [-0.05, 0) is 42.0 Å². The molecule has 0 aliphatic carbocycles. The van der Waals surface area contributed by atoms with E-state index in [-0.39, 0.29) is 17.5 Å². The van der Waals surface area contributed by atoms with Crippen LogP contribution in [-0.4, -0.2) is 26.4 Å². The number of para-hydroxylation sites is 1. The maximum absolute atomic E-state index is 13.4. The molecule has 0 saturated carbocycles. The number of hydrogen-bond acceptors (Lipinski definition) is 5. The van der Waals surface area contributed by atoms with Crippen LogP contribution < -0.4 is 5.32 Å². The Morgan fingerprint density at radius 1 is 1.00 bits per heavy atom. The second-order valence-electron chi connectivity index (χ2n) is 6.88.